The maximum Gasteiger partial charge on any atom is 0.333 e. The fourth-order valence-electron chi connectivity index (χ4n) is 7.18. The molecule has 17 heteroatoms. The highest BCUT2D eigenvalue weighted by Gasteiger charge is 2.63. The molecule has 51 heavy (non-hydrogen) atoms. The second-order valence-corrected chi connectivity index (χ2v) is 16.9. The lowest BCUT2D eigenvalue weighted by Crippen LogP contribution is -2.58. The third kappa shape index (κ3) is 6.00. The number of hydrogen-bond acceptors (Lipinski definition) is 11. The molecule has 0 unspecified atom stereocenters. The summed E-state index contributed by atoms with van der Waals surface area (Å²) in [6, 6.07) is 7.22. The Balaban J connectivity index is 1.38. The van der Waals surface area contributed by atoms with Crippen LogP contribution in [0, 0.1) is 6.92 Å². The van der Waals surface area contributed by atoms with Crippen molar-refractivity contribution in [2.75, 3.05) is 7.11 Å². The van der Waals surface area contributed by atoms with Crippen LogP contribution in [-0.2, 0) is 36.4 Å². The number of rotatable bonds is 12. The molecule has 274 valence electrons. The van der Waals surface area contributed by atoms with E-state index in [4.69, 9.17) is 18.6 Å². The summed E-state index contributed by atoms with van der Waals surface area (Å²) in [7, 11) is -3.35. The fraction of sp³-hybridized carbons (Fsp3) is 0.529. The predicted octanol–water partition coefficient (Wildman–Crippen LogP) is 4.64. The Kier molecular flexibility index (Phi) is 8.99. The maximum absolute atomic E-state index is 14.7. The largest absolute Gasteiger partial charge is 0.496 e. The number of oxazole rings is 1. The Hall–Kier alpha value is -3.93. The highest BCUT2D eigenvalue weighted by Crippen LogP contribution is 2.48. The zero-order valence-electron chi connectivity index (χ0n) is 28.4. The first kappa shape index (κ1) is 35.5. The molecule has 1 N–H and O–H groups in total. The molecule has 1 saturated carbocycles. The molecule has 2 aliphatic heterocycles. The number of hydrogen-bond donors (Lipinski definition) is 1. The molecule has 4 atom stereocenters. The molecule has 13 nitrogen and oxygen atoms in total. The number of halogens is 2. The van der Waals surface area contributed by atoms with Gasteiger partial charge in [-0.25, -0.2) is 31.5 Å². The summed E-state index contributed by atoms with van der Waals surface area (Å²) in [4.78, 5) is 47.8. The standard InChI is InChI=1S/C34H38F2N4O9S2/c1-18-25-28(41)40(33(2,3)31(42)38-51(44,45)34(11-12-34)30(35)36)32(43)39(29(25)50-26(18)27-37-13-14-47-27)17-24(22-7-5-6-8-23(22)46-4)49-21-15-19-9-10-20(16-21)48-19/h5-8,13-14,19-21,24,30H,9-12,15-17H2,1-4H3,(H,38,42)/t19-,20+,21+,24-/m0/s1. The average molecular weight is 749 g/mol. The summed E-state index contributed by atoms with van der Waals surface area (Å²) >= 11 is 1.10. The van der Waals surface area contributed by atoms with E-state index >= 15 is 0 Å². The molecular weight excluding hydrogens is 711 g/mol. The molecular formula is C34H38F2N4O9S2. The Bertz CT molecular complexity index is 2200. The minimum absolute atomic E-state index is 0.0575. The van der Waals surface area contributed by atoms with Gasteiger partial charge in [-0.3, -0.25) is 18.9 Å². The second kappa shape index (κ2) is 12.9. The number of aryl methyl sites for hydroxylation is 1. The van der Waals surface area contributed by atoms with Gasteiger partial charge in [-0.1, -0.05) is 18.2 Å². The van der Waals surface area contributed by atoms with E-state index in [1.165, 1.54) is 38.0 Å². The van der Waals surface area contributed by atoms with Gasteiger partial charge >= 0.3 is 5.69 Å². The number of sulfonamides is 1. The zero-order valence-corrected chi connectivity index (χ0v) is 30.0. The number of ether oxygens (including phenoxy) is 3. The van der Waals surface area contributed by atoms with Crippen molar-refractivity contribution in [1.82, 2.24) is 18.8 Å². The molecule has 7 rings (SSSR count). The number of nitrogens with one attached hydrogen (secondary N) is 1. The quantitative estimate of drug-likeness (QED) is 0.216. The van der Waals surface area contributed by atoms with Crippen LogP contribution in [0.3, 0.4) is 0 Å². The topological polar surface area (TPSA) is 161 Å². The minimum Gasteiger partial charge on any atom is -0.496 e. The van der Waals surface area contributed by atoms with Crippen molar-refractivity contribution < 1.29 is 40.6 Å². The van der Waals surface area contributed by atoms with Crippen molar-refractivity contribution in [3.05, 3.63) is 68.7 Å². The van der Waals surface area contributed by atoms with E-state index in [0.29, 0.717) is 39.2 Å². The van der Waals surface area contributed by atoms with E-state index in [0.717, 1.165) is 24.2 Å². The van der Waals surface area contributed by atoms with Gasteiger partial charge in [0, 0.05) is 5.56 Å². The first-order chi connectivity index (χ1) is 24.2. The summed E-state index contributed by atoms with van der Waals surface area (Å²) < 4.78 is 79.2. The van der Waals surface area contributed by atoms with Crippen LogP contribution in [0.4, 0.5) is 8.78 Å². The number of alkyl halides is 2. The lowest BCUT2D eigenvalue weighted by molar-refractivity contribution is -0.126. The summed E-state index contributed by atoms with van der Waals surface area (Å²) in [5, 5.41) is 0.0747. The van der Waals surface area contributed by atoms with Crippen molar-refractivity contribution >= 4 is 37.5 Å². The van der Waals surface area contributed by atoms with Crippen LogP contribution in [0.2, 0.25) is 0 Å². The molecule has 2 saturated heterocycles. The van der Waals surface area contributed by atoms with Crippen LogP contribution in [-0.4, -0.2) is 65.0 Å². The highest BCUT2D eigenvalue weighted by molar-refractivity contribution is 7.91. The van der Waals surface area contributed by atoms with Crippen LogP contribution in [0.25, 0.3) is 21.0 Å². The normalized spacial score (nSPS) is 22.0. The maximum atomic E-state index is 14.7. The monoisotopic (exact) mass is 748 g/mol. The molecule has 1 aliphatic carbocycles. The Labute approximate surface area is 295 Å². The number of amides is 1. The van der Waals surface area contributed by atoms with Crippen LogP contribution in [0.15, 0.2) is 50.7 Å². The van der Waals surface area contributed by atoms with Crippen LogP contribution >= 0.6 is 11.3 Å². The van der Waals surface area contributed by atoms with Crippen LogP contribution < -0.4 is 20.7 Å². The Morgan fingerprint density at radius 2 is 1.86 bits per heavy atom. The van der Waals surface area contributed by atoms with E-state index in [1.54, 1.807) is 23.8 Å². The second-order valence-electron chi connectivity index (χ2n) is 13.9. The van der Waals surface area contributed by atoms with Gasteiger partial charge < -0.3 is 18.6 Å². The van der Waals surface area contributed by atoms with Gasteiger partial charge in [0.25, 0.3) is 17.9 Å². The third-order valence-electron chi connectivity index (χ3n) is 10.3. The van der Waals surface area contributed by atoms with Gasteiger partial charge in [-0.15, -0.1) is 11.3 Å². The molecule has 5 heterocycles. The molecule has 4 aromatic rings. The van der Waals surface area contributed by atoms with Gasteiger partial charge in [-0.05, 0) is 70.9 Å². The van der Waals surface area contributed by atoms with E-state index < -0.39 is 50.0 Å². The molecule has 1 aromatic carbocycles. The first-order valence-corrected chi connectivity index (χ1v) is 19.0. The van der Waals surface area contributed by atoms with Crippen LogP contribution in [0.5, 0.6) is 5.75 Å². The summed E-state index contributed by atoms with van der Waals surface area (Å²) in [5.74, 6) is -0.592. The molecule has 2 bridgehead atoms. The van der Waals surface area contributed by atoms with Crippen molar-refractivity contribution in [2.45, 2.75) is 107 Å². The number of carbonyl (C=O) groups is 1. The number of nitrogens with zero attached hydrogens (tertiary/aromatic N) is 3. The molecule has 3 aliphatic rings. The molecule has 3 aromatic heterocycles. The number of aromatic nitrogens is 3. The van der Waals surface area contributed by atoms with Gasteiger partial charge in [0.2, 0.25) is 15.9 Å². The Morgan fingerprint density at radius 3 is 2.47 bits per heavy atom. The van der Waals surface area contributed by atoms with Gasteiger partial charge in [0.1, 0.15) is 28.5 Å². The molecule has 3 fully saturated rings. The number of methoxy groups -OCH3 is 1. The van der Waals surface area contributed by atoms with Crippen molar-refractivity contribution in [3.63, 3.8) is 0 Å². The van der Waals surface area contributed by atoms with Crippen molar-refractivity contribution in [2.24, 2.45) is 0 Å². The van der Waals surface area contributed by atoms with Gasteiger partial charge in [-0.2, -0.15) is 0 Å². The number of fused-ring (bicyclic) bond motifs is 3. The molecule has 0 spiro atoms. The lowest BCUT2D eigenvalue weighted by atomic mass is 10.0. The third-order valence-corrected chi connectivity index (χ3v) is 13.7. The number of benzene rings is 1. The number of carbonyl (C=O) groups excluding carboxylic acids is 1. The van der Waals surface area contributed by atoms with Gasteiger partial charge in [0.05, 0.1) is 48.4 Å². The van der Waals surface area contributed by atoms with Crippen LogP contribution in [0.1, 0.15) is 69.6 Å². The SMILES string of the molecule is COc1ccccc1[C@H](Cn1c(=O)n(C(C)(C)C(=O)NS(=O)(=O)C2(C(F)F)CC2)c(=O)c2c(C)c(-c3ncco3)sc21)O[C@H]1C[C@H]2CC[C@@H](C1)O2. The highest BCUT2D eigenvalue weighted by atomic mass is 32.2. The van der Waals surface area contributed by atoms with E-state index in [1.807, 2.05) is 12.1 Å². The Morgan fingerprint density at radius 1 is 1.18 bits per heavy atom. The predicted molar refractivity (Wildman–Crippen MR) is 183 cm³/mol. The smallest absolute Gasteiger partial charge is 0.333 e. The minimum atomic E-state index is -4.87. The molecule has 1 amide bonds. The summed E-state index contributed by atoms with van der Waals surface area (Å²) in [6.45, 7) is 3.91. The average Bonchev–Trinajstić information content (AvgIpc) is 3.43. The van der Waals surface area contributed by atoms with Crippen molar-refractivity contribution in [1.29, 1.82) is 0 Å². The van der Waals surface area contributed by atoms with E-state index in [9.17, 15) is 31.6 Å². The van der Waals surface area contributed by atoms with E-state index in [-0.39, 0.29) is 53.8 Å². The number of para-hydroxylation sites is 1. The lowest BCUT2D eigenvalue weighted by Gasteiger charge is -2.33. The zero-order chi connectivity index (χ0) is 36.5. The van der Waals surface area contributed by atoms with Gasteiger partial charge in [0.15, 0.2) is 4.75 Å². The van der Waals surface area contributed by atoms with Crippen molar-refractivity contribution in [3.8, 4) is 16.5 Å². The first-order valence-electron chi connectivity index (χ1n) is 16.7. The molecule has 0 radical (unpaired) electrons. The number of thiophene rings is 1. The van der Waals surface area contributed by atoms with E-state index in [2.05, 4.69) is 4.98 Å². The summed E-state index contributed by atoms with van der Waals surface area (Å²) in [6.07, 6.45) is 1.19. The summed E-state index contributed by atoms with van der Waals surface area (Å²) in [5.41, 5.74) is -2.91. The fourth-order valence-corrected chi connectivity index (χ4v) is 10.00.